The van der Waals surface area contributed by atoms with E-state index in [0.29, 0.717) is 0 Å². The Labute approximate surface area is 112 Å². The highest BCUT2D eigenvalue weighted by Gasteiger charge is 2.55. The van der Waals surface area contributed by atoms with Crippen LogP contribution in [0.2, 0.25) is 0 Å². The van der Waals surface area contributed by atoms with Gasteiger partial charge in [0.1, 0.15) is 18.5 Å². The van der Waals surface area contributed by atoms with Crippen LogP contribution in [0.5, 0.6) is 0 Å². The summed E-state index contributed by atoms with van der Waals surface area (Å²) < 4.78 is 6.04. The zero-order chi connectivity index (χ0) is 14.9. The smallest absolute Gasteiger partial charge is 0.350 e. The van der Waals surface area contributed by atoms with Gasteiger partial charge in [0, 0.05) is 0 Å². The molecule has 1 aliphatic rings. The molecule has 108 valence electrons. The summed E-state index contributed by atoms with van der Waals surface area (Å²) >= 11 is 0. The van der Waals surface area contributed by atoms with Crippen LogP contribution in [-0.4, -0.2) is 54.3 Å². The molecule has 0 saturated carbocycles. The molecule has 9 nitrogen and oxygen atoms in total. The molecular weight excluding hydrogens is 270 g/mol. The highest BCUT2D eigenvalue weighted by Crippen LogP contribution is 2.37. The van der Waals surface area contributed by atoms with E-state index >= 15 is 0 Å². The van der Waals surface area contributed by atoms with Crippen LogP contribution in [0.15, 0.2) is 15.9 Å². The lowest BCUT2D eigenvalue weighted by molar-refractivity contribution is -0.0771. The number of nitrogens with one attached hydrogen (secondary N) is 1. The lowest BCUT2D eigenvalue weighted by Crippen LogP contribution is -2.48. The van der Waals surface area contributed by atoms with Crippen molar-refractivity contribution in [2.75, 3.05) is 6.61 Å². The first-order valence-electron chi connectivity index (χ1n) is 5.72. The molecular formula is C11H13N3O6. The molecule has 4 atom stereocenters. The molecule has 0 aromatic carbocycles. The summed E-state index contributed by atoms with van der Waals surface area (Å²) in [5.41, 5.74) is -3.84. The molecule has 0 aliphatic carbocycles. The maximum atomic E-state index is 11.7. The second kappa shape index (κ2) is 5.18. The quantitative estimate of drug-likeness (QED) is 0.423. The van der Waals surface area contributed by atoms with Crippen molar-refractivity contribution in [2.24, 2.45) is 0 Å². The molecule has 0 radical (unpaired) electrons. The van der Waals surface area contributed by atoms with E-state index < -0.39 is 42.0 Å². The van der Waals surface area contributed by atoms with Gasteiger partial charge in [0.05, 0.1) is 6.61 Å². The molecule has 0 bridgehead atoms. The van der Waals surface area contributed by atoms with Crippen molar-refractivity contribution < 1.29 is 20.1 Å². The first-order chi connectivity index (χ1) is 9.43. The van der Waals surface area contributed by atoms with Gasteiger partial charge in [0.25, 0.3) is 0 Å². The van der Waals surface area contributed by atoms with Crippen molar-refractivity contribution in [1.82, 2.24) is 14.5 Å². The summed E-state index contributed by atoms with van der Waals surface area (Å²) in [5.74, 6) is 4.79. The van der Waals surface area contributed by atoms with Crippen molar-refractivity contribution in [3.8, 4) is 11.8 Å². The summed E-state index contributed by atoms with van der Waals surface area (Å²) in [6.45, 7) is 0.860. The van der Waals surface area contributed by atoms with E-state index in [0.717, 1.165) is 10.9 Å². The van der Waals surface area contributed by atoms with E-state index in [2.05, 4.69) is 16.8 Å². The minimum absolute atomic E-state index is 0.573. The Hall–Kier alpha value is -1.99. The first kappa shape index (κ1) is 14.4. The lowest BCUT2D eigenvalue weighted by Gasteiger charge is -2.26. The molecule has 0 spiro atoms. The van der Waals surface area contributed by atoms with Crippen LogP contribution >= 0.6 is 0 Å². The van der Waals surface area contributed by atoms with E-state index in [4.69, 9.17) is 9.84 Å². The third-order valence-corrected chi connectivity index (χ3v) is 2.99. The molecule has 1 fully saturated rings. The van der Waals surface area contributed by atoms with Crippen LogP contribution in [0.3, 0.4) is 0 Å². The Morgan fingerprint density at radius 3 is 2.85 bits per heavy atom. The van der Waals surface area contributed by atoms with E-state index in [9.17, 15) is 19.8 Å². The zero-order valence-corrected chi connectivity index (χ0v) is 10.5. The van der Waals surface area contributed by atoms with Gasteiger partial charge in [0.15, 0.2) is 11.8 Å². The SMILES string of the molecule is CC#CC1(O)[C@@H](O)[C@@H](CO)O[C@H]1n1cnc(=O)[nH]c1=O. The number of aromatic nitrogens is 3. The van der Waals surface area contributed by atoms with Gasteiger partial charge >= 0.3 is 11.4 Å². The number of hydrogen-bond acceptors (Lipinski definition) is 7. The normalized spacial score (nSPS) is 32.7. The number of ether oxygens (including phenoxy) is 1. The highest BCUT2D eigenvalue weighted by atomic mass is 16.6. The Balaban J connectivity index is 2.55. The van der Waals surface area contributed by atoms with Crippen molar-refractivity contribution in [3.05, 3.63) is 27.3 Å². The predicted molar refractivity (Wildman–Crippen MR) is 64.5 cm³/mol. The average Bonchev–Trinajstić information content (AvgIpc) is 2.63. The Bertz CT molecular complexity index is 671. The first-order valence-corrected chi connectivity index (χ1v) is 5.72. The zero-order valence-electron chi connectivity index (χ0n) is 10.5. The van der Waals surface area contributed by atoms with Crippen molar-refractivity contribution in [2.45, 2.75) is 31.0 Å². The number of rotatable bonds is 2. The van der Waals surface area contributed by atoms with Gasteiger partial charge < -0.3 is 20.1 Å². The Morgan fingerprint density at radius 1 is 1.60 bits per heavy atom. The van der Waals surface area contributed by atoms with Crippen LogP contribution in [-0.2, 0) is 4.74 Å². The molecule has 0 amide bonds. The van der Waals surface area contributed by atoms with Gasteiger partial charge in [-0.25, -0.2) is 9.59 Å². The fourth-order valence-corrected chi connectivity index (χ4v) is 2.05. The molecule has 20 heavy (non-hydrogen) atoms. The molecule has 1 aliphatic heterocycles. The number of aliphatic hydroxyl groups excluding tert-OH is 2. The van der Waals surface area contributed by atoms with Crippen LogP contribution in [0, 0.1) is 11.8 Å². The third kappa shape index (κ3) is 2.14. The number of nitrogens with zero attached hydrogens (tertiary/aromatic N) is 2. The predicted octanol–water partition coefficient (Wildman–Crippen LogP) is -3.06. The monoisotopic (exact) mass is 283 g/mol. The molecule has 2 rings (SSSR count). The fourth-order valence-electron chi connectivity index (χ4n) is 2.05. The van der Waals surface area contributed by atoms with Crippen LogP contribution in [0.1, 0.15) is 13.2 Å². The van der Waals surface area contributed by atoms with Gasteiger partial charge in [-0.2, -0.15) is 4.98 Å². The second-order valence-electron chi connectivity index (χ2n) is 4.24. The topological polar surface area (TPSA) is 138 Å². The molecule has 9 heteroatoms. The molecule has 1 saturated heterocycles. The number of aromatic amines is 1. The van der Waals surface area contributed by atoms with Gasteiger partial charge in [-0.15, -0.1) is 5.92 Å². The van der Waals surface area contributed by atoms with Crippen molar-refractivity contribution >= 4 is 0 Å². The van der Waals surface area contributed by atoms with Gasteiger partial charge in [-0.1, -0.05) is 5.92 Å². The number of hydrogen-bond donors (Lipinski definition) is 4. The van der Waals surface area contributed by atoms with Crippen LogP contribution in [0.25, 0.3) is 0 Å². The van der Waals surface area contributed by atoms with E-state index in [1.807, 2.05) is 4.98 Å². The van der Waals surface area contributed by atoms with Crippen LogP contribution in [0.4, 0.5) is 0 Å². The van der Waals surface area contributed by atoms with Crippen LogP contribution < -0.4 is 11.4 Å². The lowest BCUT2D eigenvalue weighted by atomic mass is 9.94. The third-order valence-electron chi connectivity index (χ3n) is 2.99. The minimum Gasteiger partial charge on any atom is -0.394 e. The van der Waals surface area contributed by atoms with E-state index in [1.54, 1.807) is 0 Å². The van der Waals surface area contributed by atoms with Crippen molar-refractivity contribution in [3.63, 3.8) is 0 Å². The molecule has 4 N–H and O–H groups in total. The highest BCUT2D eigenvalue weighted by molar-refractivity contribution is 5.21. The van der Waals surface area contributed by atoms with E-state index in [1.165, 1.54) is 6.92 Å². The molecule has 1 unspecified atom stereocenters. The maximum absolute atomic E-state index is 11.7. The molecule has 2 heterocycles. The standard InChI is InChI=1S/C11H13N3O6/c1-2-3-11(19)7(16)6(4-15)20-8(11)14-5-12-9(17)13-10(14)18/h5-8,15-16,19H,4H2,1H3,(H,13,17,18)/t6-,7+,8-,11?/m1/s1. The summed E-state index contributed by atoms with van der Waals surface area (Å²) in [7, 11) is 0. The second-order valence-corrected chi connectivity index (χ2v) is 4.24. The molecule has 1 aromatic rings. The largest absolute Gasteiger partial charge is 0.394 e. The van der Waals surface area contributed by atoms with Crippen molar-refractivity contribution in [1.29, 1.82) is 0 Å². The van der Waals surface area contributed by atoms with E-state index in [-0.39, 0.29) is 0 Å². The minimum atomic E-state index is -2.11. The Morgan fingerprint density at radius 2 is 2.30 bits per heavy atom. The summed E-state index contributed by atoms with van der Waals surface area (Å²) in [4.78, 5) is 27.9. The molecule has 1 aromatic heterocycles. The Kier molecular flexibility index (Phi) is 3.74. The van der Waals surface area contributed by atoms with Gasteiger partial charge in [-0.05, 0) is 6.92 Å². The van der Waals surface area contributed by atoms with Gasteiger partial charge in [0.2, 0.25) is 0 Å². The number of aliphatic hydroxyl groups is 3. The fraction of sp³-hybridized carbons (Fsp3) is 0.545. The summed E-state index contributed by atoms with van der Waals surface area (Å²) in [5, 5.41) is 29.5. The average molecular weight is 283 g/mol. The summed E-state index contributed by atoms with van der Waals surface area (Å²) in [6.07, 6.45) is -3.17. The number of H-pyrrole nitrogens is 1. The maximum Gasteiger partial charge on any atom is 0.350 e. The summed E-state index contributed by atoms with van der Waals surface area (Å²) in [6, 6.07) is 0. The van der Waals surface area contributed by atoms with Gasteiger partial charge in [-0.3, -0.25) is 9.55 Å².